The first-order valence-electron chi connectivity index (χ1n) is 5.61. The predicted molar refractivity (Wildman–Crippen MR) is 74.1 cm³/mol. The lowest BCUT2D eigenvalue weighted by Crippen LogP contribution is -2.04. The molecule has 0 aliphatic carbocycles. The molecule has 1 aromatic carbocycles. The van der Waals surface area contributed by atoms with Crippen LogP contribution in [0.3, 0.4) is 0 Å². The van der Waals surface area contributed by atoms with Gasteiger partial charge in [0.15, 0.2) is 0 Å². The second-order valence-corrected chi connectivity index (χ2v) is 5.06. The molecule has 0 spiro atoms. The van der Waals surface area contributed by atoms with Gasteiger partial charge in [0.05, 0.1) is 11.8 Å². The van der Waals surface area contributed by atoms with E-state index < -0.39 is 6.10 Å². The molecule has 1 N–H and O–H groups in total. The van der Waals surface area contributed by atoms with Crippen LogP contribution in [0.15, 0.2) is 36.5 Å². The monoisotopic (exact) mass is 281 g/mol. The van der Waals surface area contributed by atoms with Gasteiger partial charge in [-0.3, -0.25) is 4.98 Å². The summed E-state index contributed by atoms with van der Waals surface area (Å²) in [6, 6.07) is 8.96. The number of aryl methyl sites for hydroxylation is 1. The van der Waals surface area contributed by atoms with Gasteiger partial charge < -0.3 is 5.11 Å². The van der Waals surface area contributed by atoms with Crippen molar-refractivity contribution < 1.29 is 5.11 Å². The van der Waals surface area contributed by atoms with Gasteiger partial charge in [0.25, 0.3) is 0 Å². The lowest BCUT2D eigenvalue weighted by molar-refractivity contribution is 0.173. The van der Waals surface area contributed by atoms with E-state index in [2.05, 4.69) is 4.98 Å². The van der Waals surface area contributed by atoms with Crippen LogP contribution in [0.1, 0.15) is 22.9 Å². The number of rotatable bonds is 3. The van der Waals surface area contributed by atoms with Gasteiger partial charge >= 0.3 is 0 Å². The molecule has 0 aliphatic rings. The van der Waals surface area contributed by atoms with Crippen LogP contribution in [0.5, 0.6) is 0 Å². The molecule has 1 unspecified atom stereocenters. The van der Waals surface area contributed by atoms with Crippen LogP contribution < -0.4 is 0 Å². The third-order valence-corrected chi connectivity index (χ3v) is 3.30. The SMILES string of the molecule is Cc1ccc(C(O)Cc2cc(Cl)ccc2Cl)nc1. The van der Waals surface area contributed by atoms with E-state index in [-0.39, 0.29) is 0 Å². The van der Waals surface area contributed by atoms with E-state index in [4.69, 9.17) is 23.2 Å². The van der Waals surface area contributed by atoms with Crippen molar-refractivity contribution in [3.63, 3.8) is 0 Å². The molecule has 4 heteroatoms. The van der Waals surface area contributed by atoms with Crippen molar-refractivity contribution in [1.82, 2.24) is 4.98 Å². The van der Waals surface area contributed by atoms with Crippen LogP contribution in [0.25, 0.3) is 0 Å². The van der Waals surface area contributed by atoms with Crippen molar-refractivity contribution in [1.29, 1.82) is 0 Å². The average molecular weight is 282 g/mol. The highest BCUT2D eigenvalue weighted by Gasteiger charge is 2.12. The number of nitrogens with zero attached hydrogens (tertiary/aromatic N) is 1. The van der Waals surface area contributed by atoms with Crippen molar-refractivity contribution in [2.24, 2.45) is 0 Å². The van der Waals surface area contributed by atoms with Crippen molar-refractivity contribution in [2.75, 3.05) is 0 Å². The number of aliphatic hydroxyl groups is 1. The summed E-state index contributed by atoms with van der Waals surface area (Å²) in [5.41, 5.74) is 2.52. The minimum atomic E-state index is -0.679. The summed E-state index contributed by atoms with van der Waals surface area (Å²) in [5.74, 6) is 0. The molecule has 0 amide bonds. The fourth-order valence-corrected chi connectivity index (χ4v) is 2.08. The summed E-state index contributed by atoms with van der Waals surface area (Å²) in [6.07, 6.45) is 1.45. The molecule has 0 saturated heterocycles. The van der Waals surface area contributed by atoms with E-state index in [1.54, 1.807) is 24.4 Å². The molecule has 1 heterocycles. The van der Waals surface area contributed by atoms with Gasteiger partial charge in [0, 0.05) is 22.7 Å². The predicted octanol–water partition coefficient (Wildman–Crippen LogP) is 3.97. The number of pyridine rings is 1. The second-order valence-electron chi connectivity index (χ2n) is 4.22. The number of halogens is 2. The molecule has 0 bridgehead atoms. The quantitative estimate of drug-likeness (QED) is 0.923. The third kappa shape index (κ3) is 3.22. The van der Waals surface area contributed by atoms with Gasteiger partial charge in [0.1, 0.15) is 0 Å². The lowest BCUT2D eigenvalue weighted by atomic mass is 10.0. The Bertz CT molecular complexity index is 540. The second kappa shape index (κ2) is 5.70. The Morgan fingerprint density at radius 3 is 2.67 bits per heavy atom. The zero-order chi connectivity index (χ0) is 13.1. The zero-order valence-electron chi connectivity index (χ0n) is 9.90. The maximum atomic E-state index is 10.1. The molecule has 18 heavy (non-hydrogen) atoms. The van der Waals surface area contributed by atoms with E-state index >= 15 is 0 Å². The summed E-state index contributed by atoms with van der Waals surface area (Å²) in [4.78, 5) is 4.20. The van der Waals surface area contributed by atoms with Crippen LogP contribution in [-0.4, -0.2) is 10.1 Å². The van der Waals surface area contributed by atoms with Crippen molar-refractivity contribution in [3.05, 3.63) is 63.4 Å². The molecule has 1 aromatic heterocycles. The summed E-state index contributed by atoms with van der Waals surface area (Å²) in [7, 11) is 0. The Kier molecular flexibility index (Phi) is 4.23. The molecule has 1 atom stereocenters. The Morgan fingerprint density at radius 2 is 2.00 bits per heavy atom. The first-order chi connectivity index (χ1) is 8.56. The molecular formula is C14H13Cl2NO. The van der Waals surface area contributed by atoms with Crippen LogP contribution in [0.4, 0.5) is 0 Å². The normalized spacial score (nSPS) is 12.4. The van der Waals surface area contributed by atoms with E-state index in [1.165, 1.54) is 0 Å². The van der Waals surface area contributed by atoms with Crippen LogP contribution in [0, 0.1) is 6.92 Å². The van der Waals surface area contributed by atoms with E-state index in [0.717, 1.165) is 11.1 Å². The molecule has 2 rings (SSSR count). The summed E-state index contributed by atoms with van der Waals surface area (Å²) >= 11 is 12.0. The maximum Gasteiger partial charge on any atom is 0.1000 e. The highest BCUT2D eigenvalue weighted by Crippen LogP contribution is 2.25. The first-order valence-corrected chi connectivity index (χ1v) is 6.36. The summed E-state index contributed by atoms with van der Waals surface area (Å²) in [6.45, 7) is 1.96. The number of aromatic nitrogens is 1. The standard InChI is InChI=1S/C14H13Cl2NO/c1-9-2-5-13(17-8-9)14(18)7-10-6-11(15)3-4-12(10)16/h2-6,8,14,18H,7H2,1H3. The first kappa shape index (κ1) is 13.3. The van der Waals surface area contributed by atoms with Gasteiger partial charge in [-0.2, -0.15) is 0 Å². The number of hydrogen-bond donors (Lipinski definition) is 1. The van der Waals surface area contributed by atoms with Gasteiger partial charge in [-0.1, -0.05) is 29.3 Å². The Labute approximate surface area is 116 Å². The Hall–Kier alpha value is -1.09. The largest absolute Gasteiger partial charge is 0.386 e. The Balaban J connectivity index is 2.18. The van der Waals surface area contributed by atoms with Crippen molar-refractivity contribution in [2.45, 2.75) is 19.4 Å². The molecule has 2 nitrogen and oxygen atoms in total. The highest BCUT2D eigenvalue weighted by atomic mass is 35.5. The molecule has 0 saturated carbocycles. The van der Waals surface area contributed by atoms with E-state index in [1.807, 2.05) is 19.1 Å². The highest BCUT2D eigenvalue weighted by molar-refractivity contribution is 6.33. The minimum absolute atomic E-state index is 0.398. The van der Waals surface area contributed by atoms with Gasteiger partial charge in [-0.25, -0.2) is 0 Å². The number of benzene rings is 1. The average Bonchev–Trinajstić information content (AvgIpc) is 2.34. The zero-order valence-corrected chi connectivity index (χ0v) is 11.4. The third-order valence-electron chi connectivity index (χ3n) is 2.70. The van der Waals surface area contributed by atoms with Crippen LogP contribution in [-0.2, 0) is 6.42 Å². The van der Waals surface area contributed by atoms with Crippen molar-refractivity contribution >= 4 is 23.2 Å². The number of hydrogen-bond acceptors (Lipinski definition) is 2. The van der Waals surface area contributed by atoms with E-state index in [9.17, 15) is 5.11 Å². The molecule has 2 aromatic rings. The minimum Gasteiger partial charge on any atom is -0.386 e. The molecule has 0 radical (unpaired) electrons. The molecule has 0 aliphatic heterocycles. The fourth-order valence-electron chi connectivity index (χ4n) is 1.69. The van der Waals surface area contributed by atoms with Gasteiger partial charge in [-0.15, -0.1) is 0 Å². The smallest absolute Gasteiger partial charge is 0.1000 e. The lowest BCUT2D eigenvalue weighted by Gasteiger charge is -2.11. The van der Waals surface area contributed by atoms with Gasteiger partial charge in [0.2, 0.25) is 0 Å². The van der Waals surface area contributed by atoms with Crippen LogP contribution >= 0.6 is 23.2 Å². The molecule has 0 fully saturated rings. The topological polar surface area (TPSA) is 33.1 Å². The number of aliphatic hydroxyl groups excluding tert-OH is 1. The Morgan fingerprint density at radius 1 is 1.22 bits per heavy atom. The molecular weight excluding hydrogens is 269 g/mol. The van der Waals surface area contributed by atoms with Crippen LogP contribution in [0.2, 0.25) is 10.0 Å². The summed E-state index contributed by atoms with van der Waals surface area (Å²) < 4.78 is 0. The van der Waals surface area contributed by atoms with E-state index in [0.29, 0.717) is 22.2 Å². The van der Waals surface area contributed by atoms with Gasteiger partial charge in [-0.05, 0) is 42.3 Å². The maximum absolute atomic E-state index is 10.1. The molecule has 94 valence electrons. The van der Waals surface area contributed by atoms with Crippen molar-refractivity contribution in [3.8, 4) is 0 Å². The fraction of sp³-hybridized carbons (Fsp3) is 0.214. The summed E-state index contributed by atoms with van der Waals surface area (Å²) in [5, 5.41) is 11.3.